The van der Waals surface area contributed by atoms with Crippen molar-refractivity contribution >= 4 is 15.9 Å². The van der Waals surface area contributed by atoms with Crippen molar-refractivity contribution in [2.24, 2.45) is 7.05 Å². The average Bonchev–Trinajstić information content (AvgIpc) is 2.83. The topological polar surface area (TPSA) is 38.0 Å². The summed E-state index contributed by atoms with van der Waals surface area (Å²) in [5, 5.41) is 15.3. The predicted molar refractivity (Wildman–Crippen MR) is 78.0 cm³/mol. The Labute approximate surface area is 125 Å². The van der Waals surface area contributed by atoms with Gasteiger partial charge in [-0.1, -0.05) is 6.07 Å². The molecule has 0 spiro atoms. The highest BCUT2D eigenvalue weighted by Gasteiger charge is 2.38. The Morgan fingerprint density at radius 1 is 1.50 bits per heavy atom. The van der Waals surface area contributed by atoms with Gasteiger partial charge in [0.15, 0.2) is 0 Å². The van der Waals surface area contributed by atoms with Gasteiger partial charge in [0.1, 0.15) is 5.82 Å². The first kappa shape index (κ1) is 13.8. The molecule has 1 aliphatic carbocycles. The maximum absolute atomic E-state index is 13.3. The van der Waals surface area contributed by atoms with Crippen LogP contribution >= 0.6 is 15.9 Å². The highest BCUT2D eigenvalue weighted by Crippen LogP contribution is 2.40. The van der Waals surface area contributed by atoms with E-state index in [2.05, 4.69) is 21.0 Å². The monoisotopic (exact) mass is 338 g/mol. The highest BCUT2D eigenvalue weighted by molar-refractivity contribution is 9.10. The molecule has 1 unspecified atom stereocenters. The van der Waals surface area contributed by atoms with Crippen LogP contribution in [0.1, 0.15) is 28.9 Å². The molecule has 1 aliphatic rings. The molecule has 0 saturated carbocycles. The van der Waals surface area contributed by atoms with Gasteiger partial charge in [0, 0.05) is 13.5 Å². The van der Waals surface area contributed by atoms with Crippen molar-refractivity contribution in [3.63, 3.8) is 0 Å². The van der Waals surface area contributed by atoms with Gasteiger partial charge in [0.05, 0.1) is 21.5 Å². The Balaban J connectivity index is 2.00. The number of halogens is 2. The molecule has 0 radical (unpaired) electrons. The van der Waals surface area contributed by atoms with E-state index in [1.54, 1.807) is 10.7 Å². The van der Waals surface area contributed by atoms with Gasteiger partial charge in [-0.15, -0.1) is 0 Å². The summed E-state index contributed by atoms with van der Waals surface area (Å²) in [5.74, 6) is -0.245. The fraction of sp³-hybridized carbons (Fsp3) is 0.400. The number of aliphatic hydroxyl groups is 1. The van der Waals surface area contributed by atoms with Gasteiger partial charge in [-0.05, 0) is 59.0 Å². The van der Waals surface area contributed by atoms with Crippen molar-refractivity contribution in [2.75, 3.05) is 0 Å². The fourth-order valence-corrected chi connectivity index (χ4v) is 3.51. The third-order valence-corrected chi connectivity index (χ3v) is 5.13. The second-order valence-electron chi connectivity index (χ2n) is 5.48. The molecule has 106 valence electrons. The first-order valence-corrected chi connectivity index (χ1v) is 7.39. The van der Waals surface area contributed by atoms with E-state index in [1.807, 2.05) is 14.0 Å². The van der Waals surface area contributed by atoms with Crippen LogP contribution in [0.25, 0.3) is 0 Å². The van der Waals surface area contributed by atoms with E-state index < -0.39 is 5.60 Å². The number of hydrogen-bond donors (Lipinski definition) is 1. The third-order valence-electron chi connectivity index (χ3n) is 4.10. The van der Waals surface area contributed by atoms with E-state index in [0.29, 0.717) is 19.3 Å². The number of hydrogen-bond acceptors (Lipinski definition) is 2. The van der Waals surface area contributed by atoms with Crippen LogP contribution < -0.4 is 0 Å². The lowest BCUT2D eigenvalue weighted by atomic mass is 9.90. The summed E-state index contributed by atoms with van der Waals surface area (Å²) in [4.78, 5) is 0. The normalized spacial score (nSPS) is 21.2. The average molecular weight is 339 g/mol. The van der Waals surface area contributed by atoms with Gasteiger partial charge >= 0.3 is 0 Å². The van der Waals surface area contributed by atoms with Gasteiger partial charge < -0.3 is 5.11 Å². The van der Waals surface area contributed by atoms with Crippen molar-refractivity contribution in [1.29, 1.82) is 0 Å². The van der Waals surface area contributed by atoms with E-state index in [1.165, 1.54) is 12.1 Å². The molecule has 3 nitrogen and oxygen atoms in total. The van der Waals surface area contributed by atoms with Crippen LogP contribution in [0.3, 0.4) is 0 Å². The van der Waals surface area contributed by atoms with E-state index in [-0.39, 0.29) is 5.82 Å². The van der Waals surface area contributed by atoms with Crippen LogP contribution in [0.5, 0.6) is 0 Å². The first-order chi connectivity index (χ1) is 9.40. The van der Waals surface area contributed by atoms with E-state index in [4.69, 9.17) is 0 Å². The SMILES string of the molecule is Cc1nn(C)c(CC2(O)CCc3cc(F)ccc32)c1Br. The summed E-state index contributed by atoms with van der Waals surface area (Å²) >= 11 is 3.53. The van der Waals surface area contributed by atoms with Crippen molar-refractivity contribution in [3.05, 3.63) is 51.0 Å². The minimum absolute atomic E-state index is 0.245. The fourth-order valence-electron chi connectivity index (χ4n) is 3.03. The lowest BCUT2D eigenvalue weighted by molar-refractivity contribution is 0.0369. The highest BCUT2D eigenvalue weighted by atomic mass is 79.9. The molecular formula is C15H16BrFN2O. The van der Waals surface area contributed by atoms with Gasteiger partial charge in [-0.2, -0.15) is 5.10 Å². The van der Waals surface area contributed by atoms with Crippen molar-refractivity contribution in [2.45, 2.75) is 31.8 Å². The number of aromatic nitrogens is 2. The number of fused-ring (bicyclic) bond motifs is 1. The van der Waals surface area contributed by atoms with Crippen LogP contribution in [0.15, 0.2) is 22.7 Å². The Hall–Kier alpha value is -1.20. The summed E-state index contributed by atoms with van der Waals surface area (Å²) in [6, 6.07) is 4.64. The minimum atomic E-state index is -0.939. The van der Waals surface area contributed by atoms with E-state index in [0.717, 1.165) is 27.0 Å². The molecule has 0 fully saturated rings. The minimum Gasteiger partial charge on any atom is -0.385 e. The van der Waals surface area contributed by atoms with E-state index >= 15 is 0 Å². The molecule has 1 aromatic carbocycles. The molecule has 1 N–H and O–H groups in total. The van der Waals surface area contributed by atoms with Gasteiger partial charge in [-0.25, -0.2) is 4.39 Å². The summed E-state index contributed by atoms with van der Waals surface area (Å²) in [5.41, 5.74) is 2.67. The lowest BCUT2D eigenvalue weighted by Gasteiger charge is -2.24. The van der Waals surface area contributed by atoms with Crippen LogP contribution in [-0.4, -0.2) is 14.9 Å². The summed E-state index contributed by atoms with van der Waals surface area (Å²) in [6.45, 7) is 1.93. The number of benzene rings is 1. The van der Waals surface area contributed by atoms with Crippen LogP contribution in [0, 0.1) is 12.7 Å². The zero-order chi connectivity index (χ0) is 14.5. The molecule has 0 bridgehead atoms. The predicted octanol–water partition coefficient (Wildman–Crippen LogP) is 3.01. The second kappa shape index (κ2) is 4.67. The van der Waals surface area contributed by atoms with Crippen LogP contribution in [0.2, 0.25) is 0 Å². The Bertz CT molecular complexity index is 683. The van der Waals surface area contributed by atoms with Crippen molar-refractivity contribution in [1.82, 2.24) is 9.78 Å². The zero-order valence-electron chi connectivity index (χ0n) is 11.5. The molecule has 0 saturated heterocycles. The van der Waals surface area contributed by atoms with Crippen LogP contribution in [0.4, 0.5) is 4.39 Å². The standard InChI is InChI=1S/C15H16BrFN2O/c1-9-14(16)13(19(2)18-9)8-15(20)6-5-10-7-11(17)3-4-12(10)15/h3-4,7,20H,5-6,8H2,1-2H3. The molecule has 20 heavy (non-hydrogen) atoms. The van der Waals surface area contributed by atoms with Gasteiger partial charge in [0.2, 0.25) is 0 Å². The number of nitrogens with zero attached hydrogens (tertiary/aromatic N) is 2. The van der Waals surface area contributed by atoms with Gasteiger partial charge in [0.25, 0.3) is 0 Å². The summed E-state index contributed by atoms with van der Waals surface area (Å²) in [7, 11) is 1.87. The molecule has 1 atom stereocenters. The Morgan fingerprint density at radius 2 is 2.25 bits per heavy atom. The number of aryl methyl sites for hydroxylation is 3. The lowest BCUT2D eigenvalue weighted by Crippen LogP contribution is -2.26. The molecule has 2 aromatic rings. The largest absolute Gasteiger partial charge is 0.385 e. The van der Waals surface area contributed by atoms with Crippen molar-refractivity contribution in [3.8, 4) is 0 Å². The molecule has 5 heteroatoms. The number of rotatable bonds is 2. The maximum Gasteiger partial charge on any atom is 0.123 e. The first-order valence-electron chi connectivity index (χ1n) is 6.60. The smallest absolute Gasteiger partial charge is 0.123 e. The van der Waals surface area contributed by atoms with Crippen molar-refractivity contribution < 1.29 is 9.50 Å². The Kier molecular flexibility index (Phi) is 3.21. The van der Waals surface area contributed by atoms with Gasteiger partial charge in [-0.3, -0.25) is 4.68 Å². The zero-order valence-corrected chi connectivity index (χ0v) is 13.0. The quantitative estimate of drug-likeness (QED) is 0.913. The molecule has 0 amide bonds. The van der Waals surface area contributed by atoms with E-state index in [9.17, 15) is 9.50 Å². The third kappa shape index (κ3) is 2.09. The Morgan fingerprint density at radius 3 is 2.90 bits per heavy atom. The second-order valence-corrected chi connectivity index (χ2v) is 6.27. The molecule has 3 rings (SSSR count). The molecule has 1 heterocycles. The summed E-state index contributed by atoms with van der Waals surface area (Å²) < 4.78 is 16.0. The maximum atomic E-state index is 13.3. The molecule has 1 aromatic heterocycles. The molecule has 0 aliphatic heterocycles. The summed E-state index contributed by atoms with van der Waals surface area (Å²) in [6.07, 6.45) is 1.80. The molecular weight excluding hydrogens is 323 g/mol. The van der Waals surface area contributed by atoms with Crippen LogP contribution in [-0.2, 0) is 25.5 Å².